The summed E-state index contributed by atoms with van der Waals surface area (Å²) in [5.74, 6) is -0.511. The molecule has 2 heterocycles. The lowest BCUT2D eigenvalue weighted by Crippen LogP contribution is -2.16. The first-order chi connectivity index (χ1) is 11.3. The summed E-state index contributed by atoms with van der Waals surface area (Å²) in [5, 5.41) is 2.68. The van der Waals surface area contributed by atoms with Gasteiger partial charge in [-0.3, -0.25) is 9.20 Å². The van der Waals surface area contributed by atoms with Gasteiger partial charge in [0.25, 0.3) is 5.91 Å². The second kappa shape index (κ2) is 5.67. The quantitative estimate of drug-likeness (QED) is 0.763. The fourth-order valence-electron chi connectivity index (χ4n) is 2.43. The molecule has 4 nitrogen and oxygen atoms in total. The van der Waals surface area contributed by atoms with Crippen LogP contribution in [-0.2, 0) is 6.18 Å². The van der Waals surface area contributed by atoms with E-state index in [2.05, 4.69) is 10.3 Å². The molecule has 3 aromatic rings. The molecule has 2 aromatic heterocycles. The van der Waals surface area contributed by atoms with Crippen molar-refractivity contribution in [2.75, 3.05) is 5.32 Å². The monoisotopic (exact) mass is 333 g/mol. The number of carbonyl (C=O) groups excluding carboxylic acids is 1. The zero-order valence-electron chi connectivity index (χ0n) is 13.0. The number of hydrogen-bond acceptors (Lipinski definition) is 2. The average Bonchev–Trinajstić information content (AvgIpc) is 2.83. The van der Waals surface area contributed by atoms with E-state index in [1.807, 2.05) is 19.1 Å². The summed E-state index contributed by atoms with van der Waals surface area (Å²) in [6.07, 6.45) is -3.60. The third-order valence-corrected chi connectivity index (χ3v) is 3.64. The molecule has 0 atom stereocenters. The summed E-state index contributed by atoms with van der Waals surface area (Å²) in [6.45, 7) is 3.50. The van der Waals surface area contributed by atoms with Crippen molar-refractivity contribution >= 4 is 17.2 Å². The van der Waals surface area contributed by atoms with Crippen LogP contribution in [-0.4, -0.2) is 15.3 Å². The number of imidazole rings is 1. The van der Waals surface area contributed by atoms with Crippen molar-refractivity contribution < 1.29 is 18.0 Å². The van der Waals surface area contributed by atoms with Gasteiger partial charge in [0.15, 0.2) is 0 Å². The second-order valence-corrected chi connectivity index (χ2v) is 5.51. The van der Waals surface area contributed by atoms with Gasteiger partial charge in [-0.15, -0.1) is 0 Å². The van der Waals surface area contributed by atoms with Crippen molar-refractivity contribution in [1.29, 1.82) is 0 Å². The van der Waals surface area contributed by atoms with Gasteiger partial charge in [-0.2, -0.15) is 13.2 Å². The van der Waals surface area contributed by atoms with Crippen LogP contribution in [0.2, 0.25) is 0 Å². The van der Waals surface area contributed by atoms with Gasteiger partial charge in [0.1, 0.15) is 11.3 Å². The zero-order valence-corrected chi connectivity index (χ0v) is 13.0. The van der Waals surface area contributed by atoms with Crippen LogP contribution in [0.1, 0.15) is 27.3 Å². The van der Waals surface area contributed by atoms with Crippen LogP contribution in [0.5, 0.6) is 0 Å². The van der Waals surface area contributed by atoms with Crippen molar-refractivity contribution in [2.24, 2.45) is 0 Å². The number of aryl methyl sites for hydroxylation is 2. The van der Waals surface area contributed by atoms with Crippen molar-refractivity contribution in [1.82, 2.24) is 9.38 Å². The van der Waals surface area contributed by atoms with Crippen LogP contribution in [0.15, 0.2) is 42.6 Å². The lowest BCUT2D eigenvalue weighted by molar-refractivity contribution is -0.137. The molecule has 24 heavy (non-hydrogen) atoms. The van der Waals surface area contributed by atoms with E-state index >= 15 is 0 Å². The van der Waals surface area contributed by atoms with E-state index in [0.29, 0.717) is 11.4 Å². The maximum absolute atomic E-state index is 12.9. The minimum Gasteiger partial charge on any atom is -0.321 e. The Morgan fingerprint density at radius 2 is 1.75 bits per heavy atom. The third-order valence-electron chi connectivity index (χ3n) is 3.64. The predicted octanol–water partition coefficient (Wildman–Crippen LogP) is 4.22. The zero-order chi connectivity index (χ0) is 17.5. The van der Waals surface area contributed by atoms with Gasteiger partial charge in [0.05, 0.1) is 11.3 Å². The fraction of sp³-hybridized carbons (Fsp3) is 0.176. The molecule has 0 saturated heterocycles. The largest absolute Gasteiger partial charge is 0.417 e. The number of fused-ring (bicyclic) bond motifs is 1. The minimum atomic E-state index is -4.49. The van der Waals surface area contributed by atoms with Crippen molar-refractivity contribution in [2.45, 2.75) is 20.0 Å². The topological polar surface area (TPSA) is 46.4 Å². The normalized spacial score (nSPS) is 11.7. The van der Waals surface area contributed by atoms with Gasteiger partial charge in [0.2, 0.25) is 0 Å². The number of alkyl halides is 3. The van der Waals surface area contributed by atoms with Crippen LogP contribution < -0.4 is 5.32 Å². The lowest BCUT2D eigenvalue weighted by Gasteiger charge is -2.09. The van der Waals surface area contributed by atoms with E-state index in [-0.39, 0.29) is 11.3 Å². The molecule has 1 amide bonds. The molecule has 0 radical (unpaired) electrons. The third kappa shape index (κ3) is 2.97. The van der Waals surface area contributed by atoms with Crippen LogP contribution in [0.3, 0.4) is 0 Å². The van der Waals surface area contributed by atoms with Crippen LogP contribution >= 0.6 is 0 Å². The lowest BCUT2D eigenvalue weighted by atomic mass is 10.2. The Morgan fingerprint density at radius 3 is 2.38 bits per heavy atom. The maximum atomic E-state index is 12.9. The Balaban J connectivity index is 2.02. The number of pyridine rings is 1. The number of nitrogens with one attached hydrogen (secondary N) is 1. The fourth-order valence-corrected chi connectivity index (χ4v) is 2.43. The molecule has 0 aliphatic rings. The highest BCUT2D eigenvalue weighted by Crippen LogP contribution is 2.30. The Hall–Kier alpha value is -2.83. The molecular formula is C17H14F3N3O. The Morgan fingerprint density at radius 1 is 1.08 bits per heavy atom. The van der Waals surface area contributed by atoms with Gasteiger partial charge in [-0.05, 0) is 38.1 Å². The first-order valence-electron chi connectivity index (χ1n) is 7.19. The van der Waals surface area contributed by atoms with Crippen LogP contribution in [0.25, 0.3) is 5.65 Å². The molecule has 7 heteroatoms. The summed E-state index contributed by atoms with van der Waals surface area (Å²) in [7, 11) is 0. The van der Waals surface area contributed by atoms with Crippen molar-refractivity contribution in [3.63, 3.8) is 0 Å². The summed E-state index contributed by atoms with van der Waals surface area (Å²) in [6, 6.07) is 9.32. The van der Waals surface area contributed by atoms with E-state index in [1.165, 1.54) is 10.5 Å². The first-order valence-corrected chi connectivity index (χ1v) is 7.19. The molecule has 0 spiro atoms. The standard InChI is InChI=1S/C17H14F3N3O/c1-10-3-6-13(7-4-10)22-16(24)15-11(2)21-14-8-5-12(9-23(14)15)17(18,19)20/h3-9H,1-2H3,(H,22,24). The molecular weight excluding hydrogens is 319 g/mol. The molecule has 0 unspecified atom stereocenters. The second-order valence-electron chi connectivity index (χ2n) is 5.51. The van der Waals surface area contributed by atoms with E-state index in [9.17, 15) is 18.0 Å². The van der Waals surface area contributed by atoms with Crippen LogP contribution in [0, 0.1) is 13.8 Å². The number of rotatable bonds is 2. The summed E-state index contributed by atoms with van der Waals surface area (Å²) >= 11 is 0. The van der Waals surface area contributed by atoms with Gasteiger partial charge >= 0.3 is 6.18 Å². The number of hydrogen-bond donors (Lipinski definition) is 1. The highest BCUT2D eigenvalue weighted by Gasteiger charge is 2.31. The van der Waals surface area contributed by atoms with Crippen LogP contribution in [0.4, 0.5) is 18.9 Å². The molecule has 0 fully saturated rings. The molecule has 3 rings (SSSR count). The average molecular weight is 333 g/mol. The summed E-state index contributed by atoms with van der Waals surface area (Å²) in [5.41, 5.74) is 1.49. The minimum absolute atomic E-state index is 0.0803. The maximum Gasteiger partial charge on any atom is 0.417 e. The van der Waals surface area contributed by atoms with E-state index < -0.39 is 17.6 Å². The molecule has 0 bridgehead atoms. The number of amides is 1. The molecule has 0 aliphatic heterocycles. The smallest absolute Gasteiger partial charge is 0.321 e. The molecule has 1 aromatic carbocycles. The number of benzene rings is 1. The highest BCUT2D eigenvalue weighted by atomic mass is 19.4. The van der Waals surface area contributed by atoms with E-state index in [0.717, 1.165) is 17.8 Å². The Bertz CT molecular complexity index is 911. The first kappa shape index (κ1) is 16.0. The molecule has 0 aliphatic carbocycles. The van der Waals surface area contributed by atoms with Gasteiger partial charge < -0.3 is 5.32 Å². The number of aromatic nitrogens is 2. The van der Waals surface area contributed by atoms with E-state index in [4.69, 9.17) is 0 Å². The van der Waals surface area contributed by atoms with Crippen molar-refractivity contribution in [3.05, 3.63) is 65.1 Å². The number of halogens is 3. The molecule has 0 saturated carbocycles. The number of nitrogens with zero attached hydrogens (tertiary/aromatic N) is 2. The summed E-state index contributed by atoms with van der Waals surface area (Å²) < 4.78 is 39.9. The SMILES string of the molecule is Cc1ccc(NC(=O)c2c(C)nc3ccc(C(F)(F)F)cn23)cc1. The van der Waals surface area contributed by atoms with Gasteiger partial charge in [-0.25, -0.2) is 4.98 Å². The molecule has 1 N–H and O–H groups in total. The highest BCUT2D eigenvalue weighted by molar-refractivity contribution is 6.04. The number of carbonyl (C=O) groups is 1. The molecule has 124 valence electrons. The number of anilines is 1. The van der Waals surface area contributed by atoms with Crippen molar-refractivity contribution in [3.8, 4) is 0 Å². The Labute approximate surface area is 135 Å². The van der Waals surface area contributed by atoms with Gasteiger partial charge in [-0.1, -0.05) is 17.7 Å². The van der Waals surface area contributed by atoms with E-state index in [1.54, 1.807) is 19.1 Å². The Kier molecular flexibility index (Phi) is 3.79. The predicted molar refractivity (Wildman–Crippen MR) is 84.1 cm³/mol. The summed E-state index contributed by atoms with van der Waals surface area (Å²) in [4.78, 5) is 16.7. The van der Waals surface area contributed by atoms with Gasteiger partial charge in [0, 0.05) is 11.9 Å².